The van der Waals surface area contributed by atoms with Crippen molar-refractivity contribution in [3.63, 3.8) is 0 Å². The Labute approximate surface area is 208 Å². The minimum Gasteiger partial charge on any atom is -0.494 e. The van der Waals surface area contributed by atoms with E-state index in [-0.39, 0.29) is 10.0 Å². The van der Waals surface area contributed by atoms with Crippen molar-refractivity contribution in [1.82, 2.24) is 5.32 Å². The van der Waals surface area contributed by atoms with Gasteiger partial charge in [-0.05, 0) is 85.4 Å². The number of ether oxygens (including phenoxy) is 1. The maximum Gasteiger partial charge on any atom is 0.261 e. The van der Waals surface area contributed by atoms with Crippen LogP contribution < -0.4 is 20.1 Å². The molecule has 3 N–H and O–H groups in total. The highest BCUT2D eigenvalue weighted by molar-refractivity contribution is 7.92. The molecule has 0 aromatic heterocycles. The molecule has 3 aromatic rings. The highest BCUT2D eigenvalue weighted by Crippen LogP contribution is 2.21. The molecule has 10 heteroatoms. The molecule has 7 nitrogen and oxygen atoms in total. The first-order valence-corrected chi connectivity index (χ1v) is 12.4. The molecule has 0 aliphatic carbocycles. The van der Waals surface area contributed by atoms with Gasteiger partial charge >= 0.3 is 0 Å². The minimum atomic E-state index is -3.78. The predicted octanol–water partition coefficient (Wildman–Crippen LogP) is 5.07. The molecule has 0 atom stereocenters. The number of hydrogen-bond acceptors (Lipinski definition) is 5. The monoisotopic (exact) mass is 515 g/mol. The predicted molar refractivity (Wildman–Crippen MR) is 140 cm³/mol. The van der Waals surface area contributed by atoms with Crippen LogP contribution in [0.15, 0.2) is 83.8 Å². The van der Waals surface area contributed by atoms with Crippen molar-refractivity contribution in [2.75, 3.05) is 16.6 Å². The summed E-state index contributed by atoms with van der Waals surface area (Å²) < 4.78 is 33.2. The highest BCUT2D eigenvalue weighted by Gasteiger charge is 2.14. The first kappa shape index (κ1) is 25.2. The molecule has 0 unspecified atom stereocenters. The number of nitrogens with one attached hydrogen (secondary N) is 3. The van der Waals surface area contributed by atoms with Crippen LogP contribution in [0.3, 0.4) is 0 Å². The minimum absolute atomic E-state index is 0.0666. The third kappa shape index (κ3) is 7.31. The summed E-state index contributed by atoms with van der Waals surface area (Å²) in [6.07, 6.45) is 2.90. The van der Waals surface area contributed by atoms with Gasteiger partial charge in [0.25, 0.3) is 10.0 Å². The summed E-state index contributed by atoms with van der Waals surface area (Å²) in [6.45, 7) is 2.40. The van der Waals surface area contributed by atoms with Gasteiger partial charge in [-0.25, -0.2) is 8.42 Å². The van der Waals surface area contributed by atoms with E-state index < -0.39 is 15.9 Å². The summed E-state index contributed by atoms with van der Waals surface area (Å²) in [6, 6.07) is 19.7. The van der Waals surface area contributed by atoms with Crippen LogP contribution in [0.2, 0.25) is 5.02 Å². The van der Waals surface area contributed by atoms with Crippen molar-refractivity contribution < 1.29 is 17.9 Å². The van der Waals surface area contributed by atoms with Crippen LogP contribution in [0.5, 0.6) is 5.75 Å². The lowest BCUT2D eigenvalue weighted by molar-refractivity contribution is -0.115. The fraction of sp³-hybridized carbons (Fsp3) is 0.0833. The van der Waals surface area contributed by atoms with Crippen molar-refractivity contribution in [2.45, 2.75) is 11.8 Å². The van der Waals surface area contributed by atoms with Crippen LogP contribution in [-0.2, 0) is 14.8 Å². The number of rotatable bonds is 8. The van der Waals surface area contributed by atoms with E-state index in [0.717, 1.165) is 0 Å². The van der Waals surface area contributed by atoms with E-state index in [1.165, 1.54) is 18.2 Å². The van der Waals surface area contributed by atoms with Crippen LogP contribution in [0, 0.1) is 0 Å². The zero-order valence-electron chi connectivity index (χ0n) is 18.1. The Bertz CT molecular complexity index is 1290. The van der Waals surface area contributed by atoms with Gasteiger partial charge in [0.1, 0.15) is 5.75 Å². The van der Waals surface area contributed by atoms with E-state index in [2.05, 4.69) is 15.4 Å². The molecule has 0 saturated carbocycles. The van der Waals surface area contributed by atoms with Crippen molar-refractivity contribution >= 4 is 62.3 Å². The zero-order valence-corrected chi connectivity index (χ0v) is 20.5. The Hall–Kier alpha value is -3.40. The van der Waals surface area contributed by atoms with Gasteiger partial charge in [-0.3, -0.25) is 14.8 Å². The Morgan fingerprint density at radius 3 is 2.29 bits per heavy atom. The molecular weight excluding hydrogens is 494 g/mol. The molecule has 0 bridgehead atoms. The van der Waals surface area contributed by atoms with E-state index >= 15 is 0 Å². The molecule has 0 heterocycles. The first-order valence-electron chi connectivity index (χ1n) is 10.2. The van der Waals surface area contributed by atoms with Crippen LogP contribution in [0.25, 0.3) is 6.08 Å². The van der Waals surface area contributed by atoms with Gasteiger partial charge in [0, 0.05) is 22.5 Å². The maximum absolute atomic E-state index is 12.6. The Kier molecular flexibility index (Phi) is 8.64. The quantitative estimate of drug-likeness (QED) is 0.286. The van der Waals surface area contributed by atoms with E-state index in [9.17, 15) is 13.2 Å². The Morgan fingerprint density at radius 2 is 1.65 bits per heavy atom. The number of benzene rings is 3. The van der Waals surface area contributed by atoms with Crippen molar-refractivity contribution in [3.05, 3.63) is 89.5 Å². The van der Waals surface area contributed by atoms with Gasteiger partial charge in [-0.1, -0.05) is 29.8 Å². The second-order valence-electron chi connectivity index (χ2n) is 6.89. The van der Waals surface area contributed by atoms with Crippen molar-refractivity contribution in [1.29, 1.82) is 0 Å². The summed E-state index contributed by atoms with van der Waals surface area (Å²) in [5, 5.41) is 5.95. The molecule has 3 aromatic carbocycles. The number of carbonyl (C=O) groups is 1. The topological polar surface area (TPSA) is 96.5 Å². The number of thiocarbonyl (C=S) groups is 1. The maximum atomic E-state index is 12.6. The van der Waals surface area contributed by atoms with Gasteiger partial charge in [-0.2, -0.15) is 0 Å². The average molecular weight is 516 g/mol. The average Bonchev–Trinajstić information content (AvgIpc) is 2.80. The van der Waals surface area contributed by atoms with Gasteiger partial charge in [0.15, 0.2) is 5.11 Å². The summed E-state index contributed by atoms with van der Waals surface area (Å²) >= 11 is 11.2. The number of amides is 1. The molecule has 0 spiro atoms. The molecule has 0 aliphatic rings. The molecule has 0 aliphatic heterocycles. The lowest BCUT2D eigenvalue weighted by Crippen LogP contribution is -2.32. The molecule has 34 heavy (non-hydrogen) atoms. The molecular formula is C24H22ClN3O4S2. The fourth-order valence-corrected chi connectivity index (χ4v) is 4.28. The molecule has 0 radical (unpaired) electrons. The summed E-state index contributed by atoms with van der Waals surface area (Å²) in [5.74, 6) is 0.222. The zero-order chi connectivity index (χ0) is 24.6. The van der Waals surface area contributed by atoms with E-state index in [4.69, 9.17) is 28.6 Å². The largest absolute Gasteiger partial charge is 0.494 e. The molecule has 176 valence electrons. The summed E-state index contributed by atoms with van der Waals surface area (Å²) in [4.78, 5) is 12.2. The SMILES string of the molecule is CCOc1ccc(NS(=O)(=O)c2ccc(NC(=S)NC(=O)C=Cc3ccccc3Cl)cc2)cc1. The van der Waals surface area contributed by atoms with Crippen LogP contribution in [-0.4, -0.2) is 26.0 Å². The summed E-state index contributed by atoms with van der Waals surface area (Å²) in [5.41, 5.74) is 1.63. The molecule has 1 amide bonds. The van der Waals surface area contributed by atoms with Gasteiger partial charge < -0.3 is 10.1 Å². The highest BCUT2D eigenvalue weighted by atomic mass is 35.5. The smallest absolute Gasteiger partial charge is 0.261 e. The fourth-order valence-electron chi connectivity index (χ4n) is 2.81. The van der Waals surface area contributed by atoms with Crippen LogP contribution >= 0.6 is 23.8 Å². The molecule has 0 fully saturated rings. The number of carbonyl (C=O) groups excluding carboxylic acids is 1. The lowest BCUT2D eigenvalue weighted by Gasteiger charge is -2.11. The van der Waals surface area contributed by atoms with E-state index in [1.807, 2.05) is 13.0 Å². The summed E-state index contributed by atoms with van der Waals surface area (Å²) in [7, 11) is -3.78. The Balaban J connectivity index is 1.56. The van der Waals surface area contributed by atoms with Gasteiger partial charge in [-0.15, -0.1) is 0 Å². The van der Waals surface area contributed by atoms with E-state index in [1.54, 1.807) is 60.7 Å². The molecule has 3 rings (SSSR count). The second kappa shape index (κ2) is 11.6. The third-order valence-corrected chi connectivity index (χ3v) is 6.34. The number of halogens is 1. The first-order chi connectivity index (χ1) is 16.3. The number of hydrogen-bond donors (Lipinski definition) is 3. The third-order valence-electron chi connectivity index (χ3n) is 4.40. The second-order valence-corrected chi connectivity index (χ2v) is 9.38. The number of sulfonamides is 1. The standard InChI is InChI=1S/C24H22ClN3O4S2/c1-2-32-20-12-8-19(9-13-20)28-34(30,31)21-14-10-18(11-15-21)26-24(33)27-23(29)16-7-17-5-3-4-6-22(17)25/h3-16,28H,2H2,1H3,(H2,26,27,29,33). The van der Waals surface area contributed by atoms with Crippen LogP contribution in [0.1, 0.15) is 12.5 Å². The van der Waals surface area contributed by atoms with Crippen molar-refractivity contribution in [3.8, 4) is 5.75 Å². The normalized spacial score (nSPS) is 11.1. The molecule has 0 saturated heterocycles. The number of anilines is 2. The lowest BCUT2D eigenvalue weighted by atomic mass is 10.2. The van der Waals surface area contributed by atoms with Crippen LogP contribution in [0.4, 0.5) is 11.4 Å². The van der Waals surface area contributed by atoms with Crippen molar-refractivity contribution in [2.24, 2.45) is 0 Å². The Morgan fingerprint density at radius 1 is 1.00 bits per heavy atom. The van der Waals surface area contributed by atoms with Gasteiger partial charge in [0.05, 0.1) is 11.5 Å². The van der Waals surface area contributed by atoms with E-state index in [0.29, 0.717) is 34.3 Å². The van der Waals surface area contributed by atoms with Gasteiger partial charge in [0.2, 0.25) is 5.91 Å².